The number of hydrogen-bond acceptors (Lipinski definition) is 4. The van der Waals surface area contributed by atoms with E-state index in [0.29, 0.717) is 5.92 Å². The maximum absolute atomic E-state index is 11.0. The second-order valence-electron chi connectivity index (χ2n) is 5.95. The van der Waals surface area contributed by atoms with Gasteiger partial charge in [-0.05, 0) is 43.0 Å². The number of allylic oxidation sites excluding steroid dienone is 2. The van der Waals surface area contributed by atoms with Crippen LogP contribution in [0.25, 0.3) is 0 Å². The number of thiophene rings is 1. The smallest absolute Gasteiger partial charge is 0.269 e. The number of non-ortho nitro benzene ring substituents is 1. The molecule has 1 aliphatic carbocycles. The van der Waals surface area contributed by atoms with E-state index in [-0.39, 0.29) is 22.6 Å². The fraction of sp³-hybridized carbons (Fsp3) is 0.294. The molecule has 4 nitrogen and oxygen atoms in total. The van der Waals surface area contributed by atoms with E-state index in [2.05, 4.69) is 36.5 Å². The average molecular weight is 312 g/mol. The molecular formula is C17H16N2O2S. The van der Waals surface area contributed by atoms with E-state index in [1.54, 1.807) is 12.1 Å². The number of nitro groups is 1. The molecule has 0 bridgehead atoms. The molecular weight excluding hydrogens is 296 g/mol. The first-order valence-electron chi connectivity index (χ1n) is 7.41. The molecule has 0 radical (unpaired) electrons. The summed E-state index contributed by atoms with van der Waals surface area (Å²) in [6.07, 6.45) is 5.43. The minimum atomic E-state index is -0.317. The molecule has 112 valence electrons. The van der Waals surface area contributed by atoms with Crippen LogP contribution in [0.3, 0.4) is 0 Å². The molecule has 0 saturated heterocycles. The number of aryl methyl sites for hydroxylation is 1. The number of hydrogen-bond donors (Lipinski definition) is 1. The molecule has 0 saturated carbocycles. The number of fused-ring (bicyclic) bond motifs is 3. The summed E-state index contributed by atoms with van der Waals surface area (Å²) in [7, 11) is 0. The van der Waals surface area contributed by atoms with E-state index in [1.165, 1.54) is 9.75 Å². The lowest BCUT2D eigenvalue weighted by Crippen LogP contribution is -2.28. The molecule has 1 aliphatic heterocycles. The Balaban J connectivity index is 1.78. The first kappa shape index (κ1) is 13.5. The molecule has 3 unspecified atom stereocenters. The van der Waals surface area contributed by atoms with Crippen molar-refractivity contribution >= 4 is 22.7 Å². The quantitative estimate of drug-likeness (QED) is 0.493. The van der Waals surface area contributed by atoms with Gasteiger partial charge in [-0.2, -0.15) is 0 Å². The van der Waals surface area contributed by atoms with Gasteiger partial charge in [0.05, 0.1) is 11.0 Å². The molecule has 1 aromatic carbocycles. The van der Waals surface area contributed by atoms with Crippen molar-refractivity contribution < 1.29 is 4.92 Å². The third-order valence-electron chi connectivity index (χ3n) is 4.62. The summed E-state index contributed by atoms with van der Waals surface area (Å²) in [5.41, 5.74) is 2.25. The lowest BCUT2D eigenvalue weighted by Gasteiger charge is -2.36. The molecule has 0 spiro atoms. The molecule has 4 rings (SSSR count). The Labute approximate surface area is 132 Å². The van der Waals surface area contributed by atoms with Crippen molar-refractivity contribution in [1.29, 1.82) is 0 Å². The Morgan fingerprint density at radius 3 is 2.91 bits per heavy atom. The van der Waals surface area contributed by atoms with Crippen LogP contribution in [-0.4, -0.2) is 4.92 Å². The van der Waals surface area contributed by atoms with Crippen molar-refractivity contribution in [2.75, 3.05) is 5.32 Å². The zero-order valence-electron chi connectivity index (χ0n) is 12.2. The number of nitrogens with zero attached hydrogens (tertiary/aromatic N) is 1. The zero-order chi connectivity index (χ0) is 15.3. The van der Waals surface area contributed by atoms with Crippen LogP contribution in [0, 0.1) is 23.0 Å². The Kier molecular flexibility index (Phi) is 3.04. The van der Waals surface area contributed by atoms with Crippen molar-refractivity contribution in [3.63, 3.8) is 0 Å². The summed E-state index contributed by atoms with van der Waals surface area (Å²) in [5.74, 6) is 0.705. The van der Waals surface area contributed by atoms with Gasteiger partial charge in [0, 0.05) is 33.5 Å². The van der Waals surface area contributed by atoms with Gasteiger partial charge in [0.1, 0.15) is 0 Å². The van der Waals surface area contributed by atoms with Gasteiger partial charge in [-0.3, -0.25) is 10.1 Å². The second kappa shape index (κ2) is 4.95. The molecule has 22 heavy (non-hydrogen) atoms. The molecule has 2 aromatic rings. The predicted octanol–water partition coefficient (Wildman–Crippen LogP) is 4.79. The summed E-state index contributed by atoms with van der Waals surface area (Å²) in [4.78, 5) is 13.4. The third-order valence-corrected chi connectivity index (χ3v) is 5.71. The van der Waals surface area contributed by atoms with Gasteiger partial charge < -0.3 is 5.32 Å². The van der Waals surface area contributed by atoms with E-state index >= 15 is 0 Å². The summed E-state index contributed by atoms with van der Waals surface area (Å²) >= 11 is 1.83. The van der Waals surface area contributed by atoms with Gasteiger partial charge in [-0.15, -0.1) is 11.3 Å². The van der Waals surface area contributed by atoms with Crippen molar-refractivity contribution in [1.82, 2.24) is 0 Å². The van der Waals surface area contributed by atoms with E-state index < -0.39 is 0 Å². The highest BCUT2D eigenvalue weighted by Gasteiger charge is 2.39. The highest BCUT2D eigenvalue weighted by atomic mass is 32.1. The Morgan fingerprint density at radius 2 is 2.18 bits per heavy atom. The first-order valence-corrected chi connectivity index (χ1v) is 8.23. The van der Waals surface area contributed by atoms with Gasteiger partial charge in [0.15, 0.2) is 0 Å². The van der Waals surface area contributed by atoms with Crippen molar-refractivity contribution in [3.8, 4) is 0 Å². The standard InChI is InChI=1S/C17H16N2O2S/c1-10-5-8-16(22-10)17-13-4-2-3-12(13)14-9-11(19(20)21)6-7-15(14)18-17/h2-3,5-9,12-13,17-18H,4H2,1H3. The first-order chi connectivity index (χ1) is 10.6. The van der Waals surface area contributed by atoms with Crippen LogP contribution in [0.15, 0.2) is 42.5 Å². The molecule has 1 aromatic heterocycles. The zero-order valence-corrected chi connectivity index (χ0v) is 13.0. The molecule has 0 amide bonds. The lowest BCUT2D eigenvalue weighted by molar-refractivity contribution is -0.384. The Bertz CT molecular complexity index is 781. The van der Waals surface area contributed by atoms with Crippen LogP contribution in [0.4, 0.5) is 11.4 Å². The van der Waals surface area contributed by atoms with E-state index in [4.69, 9.17) is 0 Å². The highest BCUT2D eigenvalue weighted by Crippen LogP contribution is 2.51. The van der Waals surface area contributed by atoms with Crippen LogP contribution in [0.5, 0.6) is 0 Å². The normalized spacial score (nSPS) is 25.4. The third kappa shape index (κ3) is 2.04. The summed E-state index contributed by atoms with van der Waals surface area (Å²) in [5, 5.41) is 14.6. The Morgan fingerprint density at radius 1 is 1.32 bits per heavy atom. The highest BCUT2D eigenvalue weighted by molar-refractivity contribution is 7.12. The summed E-state index contributed by atoms with van der Waals surface area (Å²) < 4.78 is 0. The van der Waals surface area contributed by atoms with Gasteiger partial charge in [-0.25, -0.2) is 0 Å². The van der Waals surface area contributed by atoms with Crippen LogP contribution < -0.4 is 5.32 Å². The number of anilines is 1. The Hall–Kier alpha value is -2.14. The number of benzene rings is 1. The van der Waals surface area contributed by atoms with E-state index in [0.717, 1.165) is 17.7 Å². The summed E-state index contributed by atoms with van der Waals surface area (Å²) in [6, 6.07) is 9.80. The topological polar surface area (TPSA) is 55.2 Å². The fourth-order valence-electron chi connectivity index (χ4n) is 3.60. The molecule has 2 aliphatic rings. The van der Waals surface area contributed by atoms with Crippen LogP contribution in [0.1, 0.15) is 33.7 Å². The number of nitrogens with one attached hydrogen (secondary N) is 1. The largest absolute Gasteiger partial charge is 0.377 e. The lowest BCUT2D eigenvalue weighted by atomic mass is 9.79. The van der Waals surface area contributed by atoms with Gasteiger partial charge >= 0.3 is 0 Å². The van der Waals surface area contributed by atoms with Crippen molar-refractivity contribution in [2.24, 2.45) is 5.92 Å². The SMILES string of the molecule is Cc1ccc(C2Nc3ccc([N+](=O)[O-])cc3C3C=CCC32)s1. The maximum atomic E-state index is 11.0. The average Bonchev–Trinajstić information content (AvgIpc) is 3.14. The van der Waals surface area contributed by atoms with Gasteiger partial charge in [0.2, 0.25) is 0 Å². The predicted molar refractivity (Wildman–Crippen MR) is 88.5 cm³/mol. The van der Waals surface area contributed by atoms with E-state index in [9.17, 15) is 10.1 Å². The minimum absolute atomic E-state index is 0.171. The van der Waals surface area contributed by atoms with E-state index in [1.807, 2.05) is 17.4 Å². The molecule has 5 heteroatoms. The number of nitro benzene ring substituents is 1. The second-order valence-corrected chi connectivity index (χ2v) is 7.27. The van der Waals surface area contributed by atoms with Crippen LogP contribution in [-0.2, 0) is 0 Å². The van der Waals surface area contributed by atoms with Crippen molar-refractivity contribution in [2.45, 2.75) is 25.3 Å². The van der Waals surface area contributed by atoms with Crippen LogP contribution in [0.2, 0.25) is 0 Å². The molecule has 0 fully saturated rings. The van der Waals surface area contributed by atoms with Crippen molar-refractivity contribution in [3.05, 3.63) is 67.9 Å². The van der Waals surface area contributed by atoms with Crippen LogP contribution >= 0.6 is 11.3 Å². The summed E-state index contributed by atoms with van der Waals surface area (Å²) in [6.45, 7) is 2.12. The molecule has 1 N–H and O–H groups in total. The minimum Gasteiger partial charge on any atom is -0.377 e. The molecule has 3 atom stereocenters. The maximum Gasteiger partial charge on any atom is 0.269 e. The fourth-order valence-corrected chi connectivity index (χ4v) is 4.60. The van der Waals surface area contributed by atoms with Gasteiger partial charge in [0.25, 0.3) is 5.69 Å². The molecule has 2 heterocycles. The van der Waals surface area contributed by atoms with Gasteiger partial charge in [-0.1, -0.05) is 12.2 Å². The monoisotopic (exact) mass is 312 g/mol. The number of rotatable bonds is 2.